The molecular formula is C13H9Cl3N2O4. The first-order valence-corrected chi connectivity index (χ1v) is 6.78. The second-order valence-electron chi connectivity index (χ2n) is 3.80. The predicted octanol–water partition coefficient (Wildman–Crippen LogP) is 2.97. The summed E-state index contributed by atoms with van der Waals surface area (Å²) in [6.07, 6.45) is 1.02. The van der Waals surface area contributed by atoms with E-state index < -0.39 is 17.3 Å². The molecular weight excluding hydrogens is 355 g/mol. The fourth-order valence-electron chi connectivity index (χ4n) is 1.18. The van der Waals surface area contributed by atoms with Gasteiger partial charge in [-0.25, -0.2) is 14.8 Å². The van der Waals surface area contributed by atoms with Crippen molar-refractivity contribution in [3.05, 3.63) is 58.1 Å². The van der Waals surface area contributed by atoms with Gasteiger partial charge in [0.15, 0.2) is 6.10 Å². The maximum atomic E-state index is 10.4. The first-order chi connectivity index (χ1) is 10.3. The van der Waals surface area contributed by atoms with Crippen LogP contribution in [-0.2, 0) is 4.79 Å². The smallest absolute Gasteiger partial charge is 0.337 e. The highest BCUT2D eigenvalue weighted by molar-refractivity contribution is 6.67. The molecule has 0 spiro atoms. The highest BCUT2D eigenvalue weighted by Crippen LogP contribution is 2.13. The Kier molecular flexibility index (Phi) is 7.20. The van der Waals surface area contributed by atoms with Crippen LogP contribution in [0.15, 0.2) is 36.7 Å². The summed E-state index contributed by atoms with van der Waals surface area (Å²) in [5.41, 5.74) is 0.568. The number of aliphatic hydroxyl groups excluding tert-OH is 1. The highest BCUT2D eigenvalue weighted by atomic mass is 35.5. The Hall–Kier alpha value is -1.73. The molecule has 9 heteroatoms. The van der Waals surface area contributed by atoms with Crippen molar-refractivity contribution in [2.75, 3.05) is 0 Å². The Morgan fingerprint density at radius 2 is 1.55 bits per heavy atom. The lowest BCUT2D eigenvalue weighted by Gasteiger charge is -2.03. The first-order valence-electron chi connectivity index (χ1n) is 5.65. The standard InChI is InChI=1S/C7H6ClNO3.C6H3Cl2NO/c8-5-2-1-4(3-9-5)6(10)7(11)12;7-5-2-1-4(3-9-5)6(8)10/h1-3,6,10H,(H,11,12);1-3H. The normalized spacial score (nSPS) is 11.1. The van der Waals surface area contributed by atoms with Gasteiger partial charge in [-0.2, -0.15) is 0 Å². The molecule has 22 heavy (non-hydrogen) atoms. The van der Waals surface area contributed by atoms with Gasteiger partial charge in [0.2, 0.25) is 0 Å². The summed E-state index contributed by atoms with van der Waals surface area (Å²) in [7, 11) is 0. The van der Waals surface area contributed by atoms with E-state index in [9.17, 15) is 9.59 Å². The number of halogens is 3. The molecule has 1 atom stereocenters. The van der Waals surface area contributed by atoms with E-state index >= 15 is 0 Å². The minimum Gasteiger partial charge on any atom is -0.479 e. The number of pyridine rings is 2. The molecule has 0 aliphatic rings. The van der Waals surface area contributed by atoms with Gasteiger partial charge < -0.3 is 10.2 Å². The van der Waals surface area contributed by atoms with Crippen LogP contribution in [0.25, 0.3) is 0 Å². The van der Waals surface area contributed by atoms with E-state index in [0.29, 0.717) is 10.7 Å². The van der Waals surface area contributed by atoms with Crippen LogP contribution in [0.5, 0.6) is 0 Å². The Bertz CT molecular complexity index is 647. The van der Waals surface area contributed by atoms with Gasteiger partial charge >= 0.3 is 5.97 Å². The third-order valence-corrected chi connectivity index (χ3v) is 2.92. The molecule has 0 aliphatic carbocycles. The minimum absolute atomic E-state index is 0.215. The third kappa shape index (κ3) is 5.95. The lowest BCUT2D eigenvalue weighted by molar-refractivity contribution is -0.146. The Morgan fingerprint density at radius 1 is 1.00 bits per heavy atom. The zero-order valence-electron chi connectivity index (χ0n) is 10.8. The average Bonchev–Trinajstić information content (AvgIpc) is 2.48. The van der Waals surface area contributed by atoms with E-state index in [1.54, 1.807) is 0 Å². The van der Waals surface area contributed by atoms with E-state index in [-0.39, 0.29) is 10.7 Å². The molecule has 2 aromatic rings. The van der Waals surface area contributed by atoms with E-state index in [2.05, 4.69) is 9.97 Å². The number of nitrogens with zero attached hydrogens (tertiary/aromatic N) is 2. The molecule has 2 N–H and O–H groups in total. The molecule has 2 aromatic heterocycles. The summed E-state index contributed by atoms with van der Waals surface area (Å²) in [6.45, 7) is 0. The fourth-order valence-corrected chi connectivity index (χ4v) is 1.52. The zero-order valence-corrected chi connectivity index (χ0v) is 13.0. The van der Waals surface area contributed by atoms with E-state index in [1.807, 2.05) is 0 Å². The molecule has 2 heterocycles. The number of hydrogen-bond acceptors (Lipinski definition) is 5. The van der Waals surface area contributed by atoms with Crippen molar-refractivity contribution in [2.24, 2.45) is 0 Å². The molecule has 0 aromatic carbocycles. The maximum absolute atomic E-state index is 10.4. The molecule has 6 nitrogen and oxygen atoms in total. The Balaban J connectivity index is 0.000000224. The van der Waals surface area contributed by atoms with E-state index in [0.717, 1.165) is 0 Å². The van der Waals surface area contributed by atoms with Crippen molar-refractivity contribution >= 4 is 46.0 Å². The summed E-state index contributed by atoms with van der Waals surface area (Å²) >= 11 is 16.0. The lowest BCUT2D eigenvalue weighted by Crippen LogP contribution is -2.10. The summed E-state index contributed by atoms with van der Waals surface area (Å²) < 4.78 is 0. The number of hydrogen-bond donors (Lipinski definition) is 2. The van der Waals surface area contributed by atoms with Crippen LogP contribution in [0.1, 0.15) is 22.0 Å². The van der Waals surface area contributed by atoms with Gasteiger partial charge in [-0.05, 0) is 29.8 Å². The summed E-state index contributed by atoms with van der Waals surface area (Å²) in [4.78, 5) is 28.0. The van der Waals surface area contributed by atoms with Gasteiger partial charge in [-0.3, -0.25) is 4.79 Å². The number of carbonyl (C=O) groups excluding carboxylic acids is 1. The number of aliphatic hydroxyl groups is 1. The van der Waals surface area contributed by atoms with Crippen LogP contribution in [0.4, 0.5) is 0 Å². The van der Waals surface area contributed by atoms with E-state index in [1.165, 1.54) is 36.7 Å². The second-order valence-corrected chi connectivity index (χ2v) is 4.92. The largest absolute Gasteiger partial charge is 0.479 e. The first kappa shape index (κ1) is 18.3. The average molecular weight is 364 g/mol. The molecule has 116 valence electrons. The Morgan fingerprint density at radius 3 is 1.91 bits per heavy atom. The lowest BCUT2D eigenvalue weighted by atomic mass is 10.2. The van der Waals surface area contributed by atoms with Gasteiger partial charge in [-0.1, -0.05) is 29.3 Å². The van der Waals surface area contributed by atoms with Crippen LogP contribution < -0.4 is 0 Å². The van der Waals surface area contributed by atoms with Gasteiger partial charge in [0.25, 0.3) is 5.24 Å². The number of carbonyl (C=O) groups is 2. The quantitative estimate of drug-likeness (QED) is 0.642. The van der Waals surface area contributed by atoms with Crippen LogP contribution in [-0.4, -0.2) is 31.4 Å². The molecule has 0 aliphatic heterocycles. The van der Waals surface area contributed by atoms with Crippen molar-refractivity contribution in [3.63, 3.8) is 0 Å². The number of carboxylic acid groups (broad SMARTS) is 1. The molecule has 0 saturated heterocycles. The topological polar surface area (TPSA) is 100 Å². The number of aromatic nitrogens is 2. The summed E-state index contributed by atoms with van der Waals surface area (Å²) in [5, 5.41) is 17.5. The van der Waals surface area contributed by atoms with Crippen LogP contribution in [0.2, 0.25) is 10.3 Å². The van der Waals surface area contributed by atoms with Crippen molar-refractivity contribution in [2.45, 2.75) is 6.10 Å². The molecule has 0 fully saturated rings. The van der Waals surface area contributed by atoms with Crippen molar-refractivity contribution in [1.82, 2.24) is 9.97 Å². The summed E-state index contributed by atoms with van der Waals surface area (Å²) in [6, 6.07) is 5.86. The zero-order chi connectivity index (χ0) is 16.7. The number of carboxylic acids is 1. The monoisotopic (exact) mass is 362 g/mol. The SMILES string of the molecule is O=C(Cl)c1ccc(Cl)nc1.O=C(O)C(O)c1ccc(Cl)nc1. The molecule has 2 rings (SSSR count). The van der Waals surface area contributed by atoms with Gasteiger partial charge in [0.1, 0.15) is 10.3 Å². The van der Waals surface area contributed by atoms with Crippen LogP contribution in [0, 0.1) is 0 Å². The van der Waals surface area contributed by atoms with Crippen LogP contribution >= 0.6 is 34.8 Å². The highest BCUT2D eigenvalue weighted by Gasteiger charge is 2.15. The number of aliphatic carboxylic acids is 1. The molecule has 1 unspecified atom stereocenters. The van der Waals surface area contributed by atoms with Crippen molar-refractivity contribution < 1.29 is 19.8 Å². The molecule has 0 amide bonds. The minimum atomic E-state index is -1.53. The predicted molar refractivity (Wildman–Crippen MR) is 81.3 cm³/mol. The van der Waals surface area contributed by atoms with Crippen molar-refractivity contribution in [1.29, 1.82) is 0 Å². The van der Waals surface area contributed by atoms with Crippen LogP contribution in [0.3, 0.4) is 0 Å². The molecule has 0 radical (unpaired) electrons. The van der Waals surface area contributed by atoms with Gasteiger partial charge in [0, 0.05) is 18.0 Å². The number of rotatable bonds is 3. The maximum Gasteiger partial charge on any atom is 0.337 e. The molecule has 0 bridgehead atoms. The summed E-state index contributed by atoms with van der Waals surface area (Å²) in [5.74, 6) is -1.31. The van der Waals surface area contributed by atoms with Crippen molar-refractivity contribution in [3.8, 4) is 0 Å². The Labute approximate surface area is 140 Å². The van der Waals surface area contributed by atoms with Gasteiger partial charge in [-0.15, -0.1) is 0 Å². The van der Waals surface area contributed by atoms with E-state index in [4.69, 9.17) is 45.0 Å². The third-order valence-electron chi connectivity index (χ3n) is 2.25. The fraction of sp³-hybridized carbons (Fsp3) is 0.0769. The van der Waals surface area contributed by atoms with Gasteiger partial charge in [0.05, 0.1) is 5.56 Å². The second kappa shape index (κ2) is 8.65. The molecule has 0 saturated carbocycles.